The smallest absolute Gasteiger partial charge is 0.161 e. The van der Waals surface area contributed by atoms with Crippen LogP contribution < -0.4 is 15.2 Å². The summed E-state index contributed by atoms with van der Waals surface area (Å²) in [4.78, 5) is 0. The Morgan fingerprint density at radius 2 is 2.19 bits per heavy atom. The van der Waals surface area contributed by atoms with E-state index in [0.717, 1.165) is 23.5 Å². The largest absolute Gasteiger partial charge is 0.486 e. The fourth-order valence-electron chi connectivity index (χ4n) is 1.78. The highest BCUT2D eigenvalue weighted by atomic mass is 16.6. The first kappa shape index (κ1) is 11.0. The molecule has 1 aromatic carbocycles. The lowest BCUT2D eigenvalue weighted by Crippen LogP contribution is -2.44. The van der Waals surface area contributed by atoms with Gasteiger partial charge in [-0.05, 0) is 25.5 Å². The van der Waals surface area contributed by atoms with Gasteiger partial charge in [-0.2, -0.15) is 0 Å². The maximum Gasteiger partial charge on any atom is 0.161 e. The minimum Gasteiger partial charge on any atom is -0.486 e. The van der Waals surface area contributed by atoms with Gasteiger partial charge >= 0.3 is 0 Å². The van der Waals surface area contributed by atoms with Crippen molar-refractivity contribution in [2.75, 3.05) is 6.61 Å². The fraction of sp³-hybridized carbons (Fsp3) is 0.385. The van der Waals surface area contributed by atoms with E-state index < -0.39 is 0 Å². The number of hydrogen-bond donors (Lipinski definition) is 1. The number of benzene rings is 1. The second-order valence-electron chi connectivity index (χ2n) is 4.24. The average Bonchev–Trinajstić information content (AvgIpc) is 2.27. The molecular formula is C13H17NO2. The second-order valence-corrected chi connectivity index (χ2v) is 4.24. The Kier molecular flexibility index (Phi) is 3.15. The SMILES string of the molecule is C=C(C)CC(N)C1COc2ccccc2O1. The summed E-state index contributed by atoms with van der Waals surface area (Å²) in [5.74, 6) is 1.57. The molecule has 2 rings (SSSR count). The van der Waals surface area contributed by atoms with E-state index in [1.165, 1.54) is 0 Å². The van der Waals surface area contributed by atoms with Gasteiger partial charge in [-0.15, -0.1) is 6.58 Å². The number of hydrogen-bond acceptors (Lipinski definition) is 3. The number of rotatable bonds is 3. The van der Waals surface area contributed by atoms with E-state index in [0.29, 0.717) is 6.61 Å². The van der Waals surface area contributed by atoms with Gasteiger partial charge in [0.25, 0.3) is 0 Å². The topological polar surface area (TPSA) is 44.5 Å². The van der Waals surface area contributed by atoms with Crippen LogP contribution in [0, 0.1) is 0 Å². The quantitative estimate of drug-likeness (QED) is 0.792. The zero-order valence-electron chi connectivity index (χ0n) is 9.48. The lowest BCUT2D eigenvalue weighted by molar-refractivity contribution is 0.0723. The first-order chi connectivity index (χ1) is 7.66. The molecule has 1 aliphatic rings. The molecule has 0 amide bonds. The zero-order chi connectivity index (χ0) is 11.5. The third-order valence-electron chi connectivity index (χ3n) is 2.59. The maximum absolute atomic E-state index is 6.04. The minimum absolute atomic E-state index is 0.0640. The van der Waals surface area contributed by atoms with Gasteiger partial charge in [0.15, 0.2) is 11.5 Å². The van der Waals surface area contributed by atoms with Crippen LogP contribution in [0.25, 0.3) is 0 Å². The van der Waals surface area contributed by atoms with E-state index in [2.05, 4.69) is 6.58 Å². The van der Waals surface area contributed by atoms with Gasteiger partial charge < -0.3 is 15.2 Å². The Balaban J connectivity index is 2.05. The van der Waals surface area contributed by atoms with Crippen molar-refractivity contribution in [1.29, 1.82) is 0 Å². The van der Waals surface area contributed by atoms with Gasteiger partial charge in [0, 0.05) is 6.04 Å². The van der Waals surface area contributed by atoms with Crippen LogP contribution in [-0.4, -0.2) is 18.8 Å². The highest BCUT2D eigenvalue weighted by Crippen LogP contribution is 2.31. The maximum atomic E-state index is 6.04. The molecule has 0 bridgehead atoms. The lowest BCUT2D eigenvalue weighted by Gasteiger charge is -2.30. The van der Waals surface area contributed by atoms with E-state index in [4.69, 9.17) is 15.2 Å². The molecule has 2 N–H and O–H groups in total. The van der Waals surface area contributed by atoms with Crippen molar-refractivity contribution in [2.45, 2.75) is 25.5 Å². The van der Waals surface area contributed by atoms with Crippen molar-refractivity contribution < 1.29 is 9.47 Å². The third kappa shape index (κ3) is 2.36. The van der Waals surface area contributed by atoms with Crippen LogP contribution in [-0.2, 0) is 0 Å². The normalized spacial score (nSPS) is 20.2. The van der Waals surface area contributed by atoms with Crippen LogP contribution in [0.3, 0.4) is 0 Å². The molecule has 1 aliphatic heterocycles. The van der Waals surface area contributed by atoms with Gasteiger partial charge in [0.2, 0.25) is 0 Å². The number of nitrogens with two attached hydrogens (primary N) is 1. The fourth-order valence-corrected chi connectivity index (χ4v) is 1.78. The molecule has 0 aliphatic carbocycles. The van der Waals surface area contributed by atoms with Crippen molar-refractivity contribution in [3.05, 3.63) is 36.4 Å². The Morgan fingerprint density at radius 3 is 2.88 bits per heavy atom. The first-order valence-electron chi connectivity index (χ1n) is 5.45. The van der Waals surface area contributed by atoms with Gasteiger partial charge in [-0.1, -0.05) is 17.7 Å². The van der Waals surface area contributed by atoms with E-state index in [-0.39, 0.29) is 12.1 Å². The summed E-state index contributed by atoms with van der Waals surface area (Å²) in [7, 11) is 0. The predicted octanol–water partition coefficient (Wildman–Crippen LogP) is 2.12. The molecule has 1 aromatic rings. The summed E-state index contributed by atoms with van der Waals surface area (Å²) < 4.78 is 11.4. The van der Waals surface area contributed by atoms with Gasteiger partial charge in [-0.3, -0.25) is 0 Å². The van der Waals surface area contributed by atoms with Crippen LogP contribution in [0.5, 0.6) is 11.5 Å². The molecule has 0 spiro atoms. The van der Waals surface area contributed by atoms with Crippen molar-refractivity contribution >= 4 is 0 Å². The second kappa shape index (κ2) is 4.58. The Hall–Kier alpha value is -1.48. The molecule has 0 saturated heterocycles. The van der Waals surface area contributed by atoms with Crippen LogP contribution in [0.15, 0.2) is 36.4 Å². The predicted molar refractivity (Wildman–Crippen MR) is 63.8 cm³/mol. The standard InChI is InChI=1S/C13H17NO2/c1-9(2)7-10(14)13-8-15-11-5-3-4-6-12(11)16-13/h3-6,10,13H,1,7-8,14H2,2H3. The van der Waals surface area contributed by atoms with Gasteiger partial charge in [-0.25, -0.2) is 0 Å². The van der Waals surface area contributed by atoms with Crippen LogP contribution >= 0.6 is 0 Å². The lowest BCUT2D eigenvalue weighted by atomic mass is 10.0. The summed E-state index contributed by atoms with van der Waals surface area (Å²) in [6, 6.07) is 7.58. The summed E-state index contributed by atoms with van der Waals surface area (Å²) >= 11 is 0. The number of fused-ring (bicyclic) bond motifs is 1. The molecule has 86 valence electrons. The van der Waals surface area contributed by atoms with Gasteiger partial charge in [0.05, 0.1) is 0 Å². The van der Waals surface area contributed by atoms with E-state index in [1.807, 2.05) is 31.2 Å². The molecule has 16 heavy (non-hydrogen) atoms. The highest BCUT2D eigenvalue weighted by molar-refractivity contribution is 5.40. The van der Waals surface area contributed by atoms with E-state index in [1.54, 1.807) is 0 Å². The van der Waals surface area contributed by atoms with E-state index >= 15 is 0 Å². The summed E-state index contributed by atoms with van der Waals surface area (Å²) in [5.41, 5.74) is 7.11. The monoisotopic (exact) mass is 219 g/mol. The van der Waals surface area contributed by atoms with Gasteiger partial charge in [0.1, 0.15) is 12.7 Å². The van der Waals surface area contributed by atoms with Crippen molar-refractivity contribution in [3.8, 4) is 11.5 Å². The van der Waals surface area contributed by atoms with Crippen LogP contribution in [0.1, 0.15) is 13.3 Å². The minimum atomic E-state index is -0.0911. The van der Waals surface area contributed by atoms with Crippen LogP contribution in [0.2, 0.25) is 0 Å². The highest BCUT2D eigenvalue weighted by Gasteiger charge is 2.26. The van der Waals surface area contributed by atoms with Crippen LogP contribution in [0.4, 0.5) is 0 Å². The average molecular weight is 219 g/mol. The molecule has 2 unspecified atom stereocenters. The molecule has 0 fully saturated rings. The Morgan fingerprint density at radius 1 is 1.50 bits per heavy atom. The molecule has 3 heteroatoms. The molecule has 0 radical (unpaired) electrons. The Bertz CT molecular complexity index is 389. The molecule has 3 nitrogen and oxygen atoms in total. The molecule has 1 heterocycles. The Labute approximate surface area is 95.9 Å². The third-order valence-corrected chi connectivity index (χ3v) is 2.59. The molecule has 2 atom stereocenters. The van der Waals surface area contributed by atoms with E-state index in [9.17, 15) is 0 Å². The first-order valence-corrected chi connectivity index (χ1v) is 5.45. The summed E-state index contributed by atoms with van der Waals surface area (Å²) in [5, 5.41) is 0. The van der Waals surface area contributed by atoms with Crippen molar-refractivity contribution in [3.63, 3.8) is 0 Å². The summed E-state index contributed by atoms with van der Waals surface area (Å²) in [6.07, 6.45) is 0.669. The van der Waals surface area contributed by atoms with Crippen molar-refractivity contribution in [1.82, 2.24) is 0 Å². The molecular weight excluding hydrogens is 202 g/mol. The zero-order valence-corrected chi connectivity index (χ0v) is 9.48. The molecule has 0 aromatic heterocycles. The summed E-state index contributed by atoms with van der Waals surface area (Å²) in [6.45, 7) is 6.33. The number of ether oxygens (including phenoxy) is 2. The van der Waals surface area contributed by atoms with Crippen molar-refractivity contribution in [2.24, 2.45) is 5.73 Å². The molecule has 0 saturated carbocycles. The number of para-hydroxylation sites is 2.